The first-order valence-corrected chi connectivity index (χ1v) is 19.4. The fourth-order valence-electron chi connectivity index (χ4n) is 11.6. The molecular weight excluding hydrogens is 645 g/mol. The Morgan fingerprint density at radius 3 is 1.75 bits per heavy atom. The van der Waals surface area contributed by atoms with Gasteiger partial charge >= 0.3 is 0 Å². The van der Waals surface area contributed by atoms with E-state index < -0.39 is 0 Å². The molecule has 2 aromatic heterocycles. The molecule has 4 fully saturated rings. The minimum absolute atomic E-state index is 0.0888. The summed E-state index contributed by atoms with van der Waals surface area (Å²) in [5.41, 5.74) is 12.6. The van der Waals surface area contributed by atoms with Crippen molar-refractivity contribution in [3.05, 3.63) is 157 Å². The van der Waals surface area contributed by atoms with Gasteiger partial charge in [-0.2, -0.15) is 0 Å². The molecule has 4 nitrogen and oxygen atoms in total. The molecule has 5 aliphatic carbocycles. The molecule has 0 N–H and O–H groups in total. The lowest BCUT2D eigenvalue weighted by Crippen LogP contribution is -2.55. The standard InChI is InChI=1S/C49H38N4/c1-3-11-32(12-4-1)46-50-47(33-20-22-45-41(28-33)40-16-8-10-18-44(40)53(45)37-13-5-2-6-14-37)52-48(51-46)34-19-21-39-38-15-7-9-17-42(38)49(43(39)29-34)35-24-30-23-31(26-35)27-36(49)25-30/h1-22,28-31,35-36H,23-27H2. The molecule has 0 radical (unpaired) electrons. The zero-order chi connectivity index (χ0) is 34.7. The molecule has 4 heteroatoms. The number of hydrogen-bond donors (Lipinski definition) is 0. The van der Waals surface area contributed by atoms with E-state index in [2.05, 4.69) is 144 Å². The van der Waals surface area contributed by atoms with Crippen LogP contribution in [0.2, 0.25) is 0 Å². The largest absolute Gasteiger partial charge is 0.309 e. The summed E-state index contributed by atoms with van der Waals surface area (Å²) in [5, 5.41) is 2.40. The van der Waals surface area contributed by atoms with Gasteiger partial charge in [-0.1, -0.05) is 103 Å². The smallest absolute Gasteiger partial charge is 0.164 e. The van der Waals surface area contributed by atoms with Gasteiger partial charge < -0.3 is 4.57 Å². The summed E-state index contributed by atoms with van der Waals surface area (Å²) in [6.45, 7) is 0. The van der Waals surface area contributed by atoms with E-state index in [4.69, 9.17) is 15.0 Å². The third kappa shape index (κ3) is 4.21. The minimum Gasteiger partial charge on any atom is -0.309 e. The number of nitrogens with zero attached hydrogens (tertiary/aromatic N) is 4. The Morgan fingerprint density at radius 1 is 0.434 bits per heavy atom. The quantitative estimate of drug-likeness (QED) is 0.186. The normalized spacial score (nSPS) is 23.5. The van der Waals surface area contributed by atoms with Crippen LogP contribution in [-0.2, 0) is 5.41 Å². The topological polar surface area (TPSA) is 43.6 Å². The molecule has 4 bridgehead atoms. The Labute approximate surface area is 309 Å². The highest BCUT2D eigenvalue weighted by Gasteiger charge is 2.61. The van der Waals surface area contributed by atoms with Gasteiger partial charge in [-0.3, -0.25) is 0 Å². The molecule has 6 aromatic carbocycles. The number of para-hydroxylation sites is 2. The van der Waals surface area contributed by atoms with Crippen molar-refractivity contribution in [2.45, 2.75) is 37.5 Å². The summed E-state index contributed by atoms with van der Waals surface area (Å²) in [7, 11) is 0. The van der Waals surface area contributed by atoms with Crippen LogP contribution in [0, 0.1) is 23.7 Å². The SMILES string of the molecule is c1ccc(-c2nc(-c3ccc4c(c3)C3(c5ccccc5-4)C4CC5CC(C4)CC3C5)nc(-c3ccc4c(c3)c3ccccc3n4-c3ccccc3)n2)cc1. The number of benzene rings is 6. The lowest BCUT2D eigenvalue weighted by molar-refractivity contribution is -0.0399. The molecule has 0 saturated heterocycles. The van der Waals surface area contributed by atoms with Crippen LogP contribution in [0.3, 0.4) is 0 Å². The molecule has 1 spiro atoms. The monoisotopic (exact) mass is 682 g/mol. The van der Waals surface area contributed by atoms with Gasteiger partial charge in [0.05, 0.1) is 11.0 Å². The Hall–Kier alpha value is -5.87. The number of hydrogen-bond acceptors (Lipinski definition) is 3. The van der Waals surface area contributed by atoms with E-state index in [0.717, 1.165) is 45.6 Å². The van der Waals surface area contributed by atoms with Crippen molar-refractivity contribution in [3.63, 3.8) is 0 Å². The molecule has 254 valence electrons. The molecule has 4 saturated carbocycles. The first-order chi connectivity index (χ1) is 26.2. The van der Waals surface area contributed by atoms with Crippen LogP contribution >= 0.6 is 0 Å². The van der Waals surface area contributed by atoms with E-state index in [9.17, 15) is 0 Å². The van der Waals surface area contributed by atoms with Gasteiger partial charge in [0.1, 0.15) is 0 Å². The third-order valence-corrected chi connectivity index (χ3v) is 13.4. The highest BCUT2D eigenvalue weighted by molar-refractivity contribution is 6.10. The van der Waals surface area contributed by atoms with E-state index in [1.807, 2.05) is 6.07 Å². The minimum atomic E-state index is 0.0888. The maximum Gasteiger partial charge on any atom is 0.164 e. The average molecular weight is 683 g/mol. The van der Waals surface area contributed by atoms with Gasteiger partial charge in [0.15, 0.2) is 17.5 Å². The third-order valence-electron chi connectivity index (χ3n) is 13.4. The first-order valence-electron chi connectivity index (χ1n) is 19.4. The van der Waals surface area contributed by atoms with Crippen molar-refractivity contribution in [1.29, 1.82) is 0 Å². The maximum atomic E-state index is 5.32. The Bertz CT molecular complexity index is 2720. The van der Waals surface area contributed by atoms with Crippen molar-refractivity contribution in [1.82, 2.24) is 19.5 Å². The summed E-state index contributed by atoms with van der Waals surface area (Å²) in [5.74, 6) is 5.34. The molecule has 8 aromatic rings. The lowest BCUT2D eigenvalue weighted by atomic mass is 9.43. The highest BCUT2D eigenvalue weighted by Crippen LogP contribution is 2.69. The van der Waals surface area contributed by atoms with Crippen LogP contribution in [0.5, 0.6) is 0 Å². The predicted molar refractivity (Wildman–Crippen MR) is 214 cm³/mol. The predicted octanol–water partition coefficient (Wildman–Crippen LogP) is 11.7. The van der Waals surface area contributed by atoms with Gasteiger partial charge in [-0.25, -0.2) is 15.0 Å². The second kappa shape index (κ2) is 11.1. The van der Waals surface area contributed by atoms with Crippen LogP contribution in [0.15, 0.2) is 146 Å². The van der Waals surface area contributed by atoms with Crippen molar-refractivity contribution in [3.8, 4) is 51.0 Å². The van der Waals surface area contributed by atoms with Crippen LogP contribution in [-0.4, -0.2) is 19.5 Å². The van der Waals surface area contributed by atoms with Crippen molar-refractivity contribution in [2.75, 3.05) is 0 Å². The average Bonchev–Trinajstić information content (AvgIpc) is 3.70. The van der Waals surface area contributed by atoms with Crippen molar-refractivity contribution >= 4 is 21.8 Å². The number of fused-ring (bicyclic) bond motifs is 6. The van der Waals surface area contributed by atoms with E-state index in [-0.39, 0.29) is 5.41 Å². The van der Waals surface area contributed by atoms with Crippen molar-refractivity contribution < 1.29 is 0 Å². The van der Waals surface area contributed by atoms with Crippen molar-refractivity contribution in [2.24, 2.45) is 23.7 Å². The van der Waals surface area contributed by atoms with E-state index in [1.165, 1.54) is 65.1 Å². The van der Waals surface area contributed by atoms with Crippen LogP contribution in [0.4, 0.5) is 0 Å². The highest BCUT2D eigenvalue weighted by atomic mass is 15.0. The molecule has 2 heterocycles. The van der Waals surface area contributed by atoms with Gasteiger partial charge in [0.2, 0.25) is 0 Å². The summed E-state index contributed by atoms with van der Waals surface area (Å²) in [4.78, 5) is 15.7. The Balaban J connectivity index is 1.05. The Morgan fingerprint density at radius 2 is 1.00 bits per heavy atom. The number of rotatable bonds is 4. The molecule has 13 rings (SSSR count). The molecule has 53 heavy (non-hydrogen) atoms. The summed E-state index contributed by atoms with van der Waals surface area (Å²) in [6, 6.07) is 52.8. The van der Waals surface area contributed by atoms with Crippen LogP contribution in [0.1, 0.15) is 43.2 Å². The Kier molecular flexibility index (Phi) is 6.20. The van der Waals surface area contributed by atoms with Gasteiger partial charge in [-0.05, 0) is 120 Å². The fraction of sp³-hybridized carbons (Fsp3) is 0.204. The molecule has 5 aliphatic rings. The first kappa shape index (κ1) is 29.7. The summed E-state index contributed by atoms with van der Waals surface area (Å²) < 4.78 is 2.35. The lowest BCUT2D eigenvalue weighted by Gasteiger charge is -2.61. The molecule has 0 atom stereocenters. The van der Waals surface area contributed by atoms with Crippen LogP contribution < -0.4 is 0 Å². The fourth-order valence-corrected chi connectivity index (χ4v) is 11.6. The zero-order valence-corrected chi connectivity index (χ0v) is 29.5. The summed E-state index contributed by atoms with van der Waals surface area (Å²) in [6.07, 6.45) is 6.90. The molecule has 0 unspecified atom stereocenters. The van der Waals surface area contributed by atoms with Gasteiger partial charge in [0, 0.05) is 38.6 Å². The van der Waals surface area contributed by atoms with Crippen LogP contribution in [0.25, 0.3) is 72.8 Å². The zero-order valence-electron chi connectivity index (χ0n) is 29.5. The number of aromatic nitrogens is 4. The van der Waals surface area contributed by atoms with E-state index >= 15 is 0 Å². The van der Waals surface area contributed by atoms with Gasteiger partial charge in [-0.15, -0.1) is 0 Å². The maximum absolute atomic E-state index is 5.32. The molecule has 0 aliphatic heterocycles. The second-order valence-corrected chi connectivity index (χ2v) is 16.1. The van der Waals surface area contributed by atoms with Gasteiger partial charge in [0.25, 0.3) is 0 Å². The summed E-state index contributed by atoms with van der Waals surface area (Å²) >= 11 is 0. The molecular formula is C49H38N4. The van der Waals surface area contributed by atoms with E-state index in [0.29, 0.717) is 23.5 Å². The molecule has 0 amide bonds. The van der Waals surface area contributed by atoms with E-state index in [1.54, 1.807) is 5.56 Å². The second-order valence-electron chi connectivity index (χ2n) is 16.1.